The number of cyclic esters (lactones) is 2. The van der Waals surface area contributed by atoms with Crippen LogP contribution in [0, 0.1) is 0 Å². The molecule has 29 heavy (non-hydrogen) atoms. The summed E-state index contributed by atoms with van der Waals surface area (Å²) in [6, 6.07) is 13.3. The largest absolute Gasteiger partial charge is 0.465 e. The van der Waals surface area contributed by atoms with Gasteiger partial charge in [-0.1, -0.05) is 12.1 Å². The summed E-state index contributed by atoms with van der Waals surface area (Å²) < 4.78 is 20.6. The van der Waals surface area contributed by atoms with E-state index in [1.165, 1.54) is 27.2 Å². The summed E-state index contributed by atoms with van der Waals surface area (Å²) >= 11 is 0. The molecule has 1 saturated heterocycles. The maximum absolute atomic E-state index is 12.0. The standard InChI is InChI=1S/C21H19NO7/c1-21(2)28-19(24)15(20(25)29-21)12-22-16-6-4-5-7-17(16)27-14-10-8-13(9-11-14)18(23)26-3/h4-12,22H,1-3H3. The van der Waals surface area contributed by atoms with Crippen molar-refractivity contribution in [3.8, 4) is 11.5 Å². The predicted molar refractivity (Wildman–Crippen MR) is 102 cm³/mol. The third-order valence-corrected chi connectivity index (χ3v) is 3.88. The van der Waals surface area contributed by atoms with Crippen molar-refractivity contribution >= 4 is 23.6 Å². The molecule has 3 rings (SSSR count). The monoisotopic (exact) mass is 397 g/mol. The molecule has 0 atom stereocenters. The summed E-state index contributed by atoms with van der Waals surface area (Å²) in [5.41, 5.74) is 0.636. The molecule has 0 aliphatic carbocycles. The maximum Gasteiger partial charge on any atom is 0.350 e. The van der Waals surface area contributed by atoms with Crippen LogP contribution < -0.4 is 10.1 Å². The van der Waals surface area contributed by atoms with E-state index in [4.69, 9.17) is 14.2 Å². The van der Waals surface area contributed by atoms with E-state index < -0.39 is 23.7 Å². The van der Waals surface area contributed by atoms with Gasteiger partial charge < -0.3 is 24.3 Å². The molecule has 0 aromatic heterocycles. The first-order valence-corrected chi connectivity index (χ1v) is 8.68. The minimum Gasteiger partial charge on any atom is -0.465 e. The first-order valence-electron chi connectivity index (χ1n) is 8.68. The van der Waals surface area contributed by atoms with Gasteiger partial charge in [0.05, 0.1) is 18.4 Å². The molecule has 8 nitrogen and oxygen atoms in total. The minimum absolute atomic E-state index is 0.262. The lowest BCUT2D eigenvalue weighted by Gasteiger charge is -2.29. The van der Waals surface area contributed by atoms with Gasteiger partial charge in [-0.3, -0.25) is 0 Å². The Bertz CT molecular complexity index is 955. The van der Waals surface area contributed by atoms with E-state index in [1.807, 2.05) is 0 Å². The average Bonchev–Trinajstić information content (AvgIpc) is 2.67. The zero-order chi connectivity index (χ0) is 21.0. The van der Waals surface area contributed by atoms with Gasteiger partial charge >= 0.3 is 17.9 Å². The van der Waals surface area contributed by atoms with Gasteiger partial charge in [0.2, 0.25) is 0 Å². The highest BCUT2D eigenvalue weighted by Crippen LogP contribution is 2.30. The predicted octanol–water partition coefficient (Wildman–Crippen LogP) is 3.40. The number of nitrogens with one attached hydrogen (secondary N) is 1. The molecule has 0 unspecified atom stereocenters. The van der Waals surface area contributed by atoms with Crippen LogP contribution in [0.25, 0.3) is 0 Å². The van der Waals surface area contributed by atoms with E-state index >= 15 is 0 Å². The molecule has 1 N–H and O–H groups in total. The highest BCUT2D eigenvalue weighted by molar-refractivity contribution is 6.15. The van der Waals surface area contributed by atoms with Gasteiger partial charge in [0.1, 0.15) is 5.75 Å². The Labute approximate surface area is 167 Å². The lowest BCUT2D eigenvalue weighted by atomic mass is 10.2. The molecule has 0 saturated carbocycles. The smallest absolute Gasteiger partial charge is 0.350 e. The first kappa shape index (κ1) is 19.9. The molecule has 0 bridgehead atoms. The van der Waals surface area contributed by atoms with E-state index in [1.54, 1.807) is 48.5 Å². The van der Waals surface area contributed by atoms with Crippen molar-refractivity contribution in [1.82, 2.24) is 0 Å². The van der Waals surface area contributed by atoms with Crippen LogP contribution in [-0.4, -0.2) is 30.8 Å². The van der Waals surface area contributed by atoms with Crippen molar-refractivity contribution in [3.63, 3.8) is 0 Å². The Hall–Kier alpha value is -3.81. The Balaban J connectivity index is 1.77. The molecule has 150 valence electrons. The van der Waals surface area contributed by atoms with Crippen LogP contribution in [0.4, 0.5) is 5.69 Å². The summed E-state index contributed by atoms with van der Waals surface area (Å²) in [6.45, 7) is 2.95. The van der Waals surface area contributed by atoms with Crippen LogP contribution in [0.1, 0.15) is 24.2 Å². The molecule has 2 aromatic carbocycles. The Morgan fingerprint density at radius 1 is 1.00 bits per heavy atom. The average molecular weight is 397 g/mol. The van der Waals surface area contributed by atoms with Crippen LogP contribution in [0.5, 0.6) is 11.5 Å². The van der Waals surface area contributed by atoms with E-state index in [0.29, 0.717) is 22.7 Å². The molecule has 1 fully saturated rings. The number of hydrogen-bond donors (Lipinski definition) is 1. The van der Waals surface area contributed by atoms with Gasteiger partial charge in [-0.05, 0) is 36.4 Å². The maximum atomic E-state index is 12.0. The van der Waals surface area contributed by atoms with Crippen LogP contribution >= 0.6 is 0 Å². The normalized spacial score (nSPS) is 15.1. The van der Waals surface area contributed by atoms with Gasteiger partial charge in [0.25, 0.3) is 5.79 Å². The zero-order valence-corrected chi connectivity index (χ0v) is 16.1. The molecule has 8 heteroatoms. The number of esters is 3. The van der Waals surface area contributed by atoms with E-state index in [-0.39, 0.29) is 5.57 Å². The van der Waals surface area contributed by atoms with Crippen molar-refractivity contribution < 1.29 is 33.3 Å². The number of carbonyl (C=O) groups excluding carboxylic acids is 3. The number of hydrogen-bond acceptors (Lipinski definition) is 8. The molecule has 1 aliphatic heterocycles. The second kappa shape index (κ2) is 8.05. The lowest BCUT2D eigenvalue weighted by molar-refractivity contribution is -0.222. The van der Waals surface area contributed by atoms with Gasteiger partial charge in [0, 0.05) is 20.0 Å². The number of methoxy groups -OCH3 is 1. The Morgan fingerprint density at radius 2 is 1.62 bits per heavy atom. The molecule has 0 amide bonds. The minimum atomic E-state index is -1.30. The first-order chi connectivity index (χ1) is 13.8. The number of benzene rings is 2. The molecular weight excluding hydrogens is 378 g/mol. The van der Waals surface area contributed by atoms with Gasteiger partial charge in [0.15, 0.2) is 11.3 Å². The third kappa shape index (κ3) is 4.73. The molecular formula is C21H19NO7. The van der Waals surface area contributed by atoms with Crippen molar-refractivity contribution in [2.24, 2.45) is 0 Å². The van der Waals surface area contributed by atoms with Gasteiger partial charge in [-0.15, -0.1) is 0 Å². The number of ether oxygens (including phenoxy) is 4. The summed E-state index contributed by atoms with van der Waals surface area (Å²) in [5.74, 6) is -2.39. The van der Waals surface area contributed by atoms with E-state index in [2.05, 4.69) is 10.1 Å². The van der Waals surface area contributed by atoms with Crippen LogP contribution in [0.2, 0.25) is 0 Å². The summed E-state index contributed by atoms with van der Waals surface area (Å²) in [5, 5.41) is 2.87. The fourth-order valence-corrected chi connectivity index (χ4v) is 2.51. The highest BCUT2D eigenvalue weighted by atomic mass is 16.7. The van der Waals surface area contributed by atoms with Crippen LogP contribution in [-0.2, 0) is 23.8 Å². The van der Waals surface area contributed by atoms with Crippen molar-refractivity contribution in [2.45, 2.75) is 19.6 Å². The SMILES string of the molecule is COC(=O)c1ccc(Oc2ccccc2NC=C2C(=O)OC(C)(C)OC2=O)cc1. The lowest BCUT2D eigenvalue weighted by Crippen LogP contribution is -2.42. The molecule has 0 spiro atoms. The Morgan fingerprint density at radius 3 is 2.24 bits per heavy atom. The molecule has 0 radical (unpaired) electrons. The zero-order valence-electron chi connectivity index (χ0n) is 16.1. The number of anilines is 1. The third-order valence-electron chi connectivity index (χ3n) is 3.88. The van der Waals surface area contributed by atoms with Gasteiger partial charge in [-0.25, -0.2) is 14.4 Å². The fourth-order valence-electron chi connectivity index (χ4n) is 2.51. The van der Waals surface area contributed by atoms with Crippen molar-refractivity contribution in [1.29, 1.82) is 0 Å². The topological polar surface area (TPSA) is 100 Å². The molecule has 1 heterocycles. The fraction of sp³-hybridized carbons (Fsp3) is 0.190. The number of para-hydroxylation sites is 2. The number of carbonyl (C=O) groups is 3. The summed E-state index contributed by atoms with van der Waals surface area (Å²) in [7, 11) is 1.31. The second-order valence-electron chi connectivity index (χ2n) is 6.50. The summed E-state index contributed by atoms with van der Waals surface area (Å²) in [4.78, 5) is 35.6. The molecule has 1 aliphatic rings. The Kier molecular flexibility index (Phi) is 5.54. The van der Waals surface area contributed by atoms with Crippen molar-refractivity contribution in [2.75, 3.05) is 12.4 Å². The quantitative estimate of drug-likeness (QED) is 0.466. The van der Waals surface area contributed by atoms with Gasteiger partial charge in [-0.2, -0.15) is 0 Å². The highest BCUT2D eigenvalue weighted by Gasteiger charge is 2.38. The van der Waals surface area contributed by atoms with Crippen LogP contribution in [0.3, 0.4) is 0 Å². The second-order valence-corrected chi connectivity index (χ2v) is 6.50. The molecule has 2 aromatic rings. The van der Waals surface area contributed by atoms with Crippen LogP contribution in [0.15, 0.2) is 60.3 Å². The number of rotatable bonds is 5. The summed E-state index contributed by atoms with van der Waals surface area (Å²) in [6.07, 6.45) is 1.21. The van der Waals surface area contributed by atoms with E-state index in [9.17, 15) is 14.4 Å². The van der Waals surface area contributed by atoms with Crippen molar-refractivity contribution in [3.05, 3.63) is 65.9 Å². The van der Waals surface area contributed by atoms with E-state index in [0.717, 1.165) is 0 Å².